The molecule has 3 N–H and O–H groups in total. The number of rotatable bonds is 5. The van der Waals surface area contributed by atoms with Crippen LogP contribution in [0.4, 0.5) is 4.39 Å². The standard InChI is InChI=1S/C13H19BrFNO.ClH/c1-8(2)3-6-12(17)13(16)10-7-9(15)4-5-11(10)14;/h4-5,7-8,12-13,17H,3,6,16H2,1-2H3;1H/t12-,13+;/m1./s1. The lowest BCUT2D eigenvalue weighted by Gasteiger charge is -2.21. The van der Waals surface area contributed by atoms with E-state index in [9.17, 15) is 9.50 Å². The Morgan fingerprint density at radius 1 is 1.33 bits per heavy atom. The van der Waals surface area contributed by atoms with Gasteiger partial charge in [-0.2, -0.15) is 0 Å². The van der Waals surface area contributed by atoms with E-state index >= 15 is 0 Å². The minimum atomic E-state index is -0.643. The van der Waals surface area contributed by atoms with Crippen LogP contribution in [0.5, 0.6) is 0 Å². The van der Waals surface area contributed by atoms with Crippen LogP contribution in [-0.2, 0) is 0 Å². The van der Waals surface area contributed by atoms with Crippen molar-refractivity contribution in [2.75, 3.05) is 0 Å². The average Bonchev–Trinajstić information content (AvgIpc) is 2.28. The van der Waals surface area contributed by atoms with Gasteiger partial charge in [0.2, 0.25) is 0 Å². The van der Waals surface area contributed by atoms with Crippen LogP contribution in [-0.4, -0.2) is 11.2 Å². The van der Waals surface area contributed by atoms with Crippen LogP contribution in [0.25, 0.3) is 0 Å². The summed E-state index contributed by atoms with van der Waals surface area (Å²) in [5, 5.41) is 9.97. The van der Waals surface area contributed by atoms with Gasteiger partial charge in [-0.1, -0.05) is 29.8 Å². The SMILES string of the molecule is CC(C)CC[C@@H](O)[C@@H](N)c1cc(F)ccc1Br.Cl. The van der Waals surface area contributed by atoms with Crippen molar-refractivity contribution in [3.8, 4) is 0 Å². The Labute approximate surface area is 122 Å². The summed E-state index contributed by atoms with van der Waals surface area (Å²) in [5.74, 6) is 0.183. The Morgan fingerprint density at radius 2 is 1.94 bits per heavy atom. The minimum Gasteiger partial charge on any atom is -0.391 e. The lowest BCUT2D eigenvalue weighted by molar-refractivity contribution is 0.128. The molecule has 0 amide bonds. The largest absolute Gasteiger partial charge is 0.391 e. The van der Waals surface area contributed by atoms with Gasteiger partial charge in [0, 0.05) is 4.47 Å². The molecule has 2 atom stereocenters. The summed E-state index contributed by atoms with van der Waals surface area (Å²) in [6.07, 6.45) is 0.888. The maximum absolute atomic E-state index is 13.1. The molecule has 1 aromatic rings. The Balaban J connectivity index is 0.00000289. The summed E-state index contributed by atoms with van der Waals surface area (Å²) >= 11 is 3.32. The van der Waals surface area contributed by atoms with E-state index in [-0.39, 0.29) is 18.2 Å². The van der Waals surface area contributed by atoms with E-state index in [2.05, 4.69) is 29.8 Å². The average molecular weight is 341 g/mol. The highest BCUT2D eigenvalue weighted by molar-refractivity contribution is 9.10. The van der Waals surface area contributed by atoms with Gasteiger partial charge >= 0.3 is 0 Å². The van der Waals surface area contributed by atoms with Gasteiger partial charge in [0.1, 0.15) is 5.82 Å². The second kappa shape index (κ2) is 8.10. The molecule has 0 heterocycles. The van der Waals surface area contributed by atoms with Crippen LogP contribution >= 0.6 is 28.3 Å². The van der Waals surface area contributed by atoms with E-state index in [1.54, 1.807) is 6.07 Å². The number of hydrogen-bond acceptors (Lipinski definition) is 2. The molecule has 5 heteroatoms. The summed E-state index contributed by atoms with van der Waals surface area (Å²) in [5.41, 5.74) is 6.56. The van der Waals surface area contributed by atoms with Gasteiger partial charge in [0.15, 0.2) is 0 Å². The van der Waals surface area contributed by atoms with Crippen LogP contribution in [0.1, 0.15) is 38.3 Å². The summed E-state index contributed by atoms with van der Waals surface area (Å²) in [6, 6.07) is 3.78. The van der Waals surface area contributed by atoms with Crippen molar-refractivity contribution in [3.63, 3.8) is 0 Å². The third-order valence-electron chi connectivity index (χ3n) is 2.77. The zero-order chi connectivity index (χ0) is 13.0. The van der Waals surface area contributed by atoms with Crippen molar-refractivity contribution in [1.82, 2.24) is 0 Å². The summed E-state index contributed by atoms with van der Waals surface area (Å²) in [4.78, 5) is 0. The van der Waals surface area contributed by atoms with Crippen molar-refractivity contribution >= 4 is 28.3 Å². The first-order chi connectivity index (χ1) is 7.91. The molecule has 0 aliphatic rings. The molecule has 1 rings (SSSR count). The van der Waals surface area contributed by atoms with E-state index in [0.29, 0.717) is 17.9 Å². The molecule has 0 spiro atoms. The Morgan fingerprint density at radius 3 is 2.50 bits per heavy atom. The minimum absolute atomic E-state index is 0. The van der Waals surface area contributed by atoms with Crippen LogP contribution in [0.3, 0.4) is 0 Å². The van der Waals surface area contributed by atoms with E-state index < -0.39 is 12.1 Å². The second-order valence-electron chi connectivity index (χ2n) is 4.73. The first-order valence-electron chi connectivity index (χ1n) is 5.80. The highest BCUT2D eigenvalue weighted by atomic mass is 79.9. The van der Waals surface area contributed by atoms with Gasteiger partial charge in [-0.3, -0.25) is 0 Å². The first-order valence-corrected chi connectivity index (χ1v) is 6.59. The quantitative estimate of drug-likeness (QED) is 0.856. The van der Waals surface area contributed by atoms with Crippen molar-refractivity contribution in [3.05, 3.63) is 34.1 Å². The van der Waals surface area contributed by atoms with Crippen LogP contribution < -0.4 is 5.73 Å². The normalized spacial score (nSPS) is 14.2. The predicted octanol–water partition coefficient (Wildman–Crippen LogP) is 3.81. The third-order valence-corrected chi connectivity index (χ3v) is 3.49. The lowest BCUT2D eigenvalue weighted by atomic mass is 9.96. The number of nitrogens with two attached hydrogens (primary N) is 1. The maximum atomic E-state index is 13.1. The fourth-order valence-electron chi connectivity index (χ4n) is 1.66. The molecule has 0 aliphatic carbocycles. The molecule has 0 aromatic heterocycles. The molecule has 0 aliphatic heterocycles. The Bertz CT molecular complexity index is 376. The Kier molecular flexibility index (Phi) is 8.03. The van der Waals surface area contributed by atoms with Gasteiger partial charge in [-0.05, 0) is 42.5 Å². The number of aliphatic hydroxyl groups is 1. The highest BCUT2D eigenvalue weighted by Crippen LogP contribution is 2.27. The topological polar surface area (TPSA) is 46.2 Å². The summed E-state index contributed by atoms with van der Waals surface area (Å²) < 4.78 is 13.9. The fourth-order valence-corrected chi connectivity index (χ4v) is 2.17. The van der Waals surface area contributed by atoms with Crippen molar-refractivity contribution in [1.29, 1.82) is 0 Å². The van der Waals surface area contributed by atoms with Gasteiger partial charge in [0.25, 0.3) is 0 Å². The van der Waals surface area contributed by atoms with Gasteiger partial charge in [-0.25, -0.2) is 4.39 Å². The zero-order valence-electron chi connectivity index (χ0n) is 10.6. The molecule has 0 saturated heterocycles. The third kappa shape index (κ3) is 5.22. The van der Waals surface area contributed by atoms with Gasteiger partial charge in [0.05, 0.1) is 12.1 Å². The number of aliphatic hydroxyl groups excluding tert-OH is 1. The monoisotopic (exact) mass is 339 g/mol. The summed E-state index contributed by atoms with van der Waals surface area (Å²) in [6.45, 7) is 4.19. The molecule has 0 radical (unpaired) electrons. The highest BCUT2D eigenvalue weighted by Gasteiger charge is 2.19. The molecule has 1 aromatic carbocycles. The fraction of sp³-hybridized carbons (Fsp3) is 0.538. The first kappa shape index (κ1) is 17.8. The Hall–Kier alpha value is -0.160. The van der Waals surface area contributed by atoms with Crippen molar-refractivity contribution in [2.45, 2.75) is 38.8 Å². The number of halogens is 3. The molecule has 2 nitrogen and oxygen atoms in total. The van der Waals surface area contributed by atoms with Crippen molar-refractivity contribution in [2.24, 2.45) is 11.7 Å². The summed E-state index contributed by atoms with van der Waals surface area (Å²) in [7, 11) is 0. The smallest absolute Gasteiger partial charge is 0.123 e. The predicted molar refractivity (Wildman–Crippen MR) is 78.4 cm³/mol. The molecule has 18 heavy (non-hydrogen) atoms. The van der Waals surface area contributed by atoms with Gasteiger partial charge < -0.3 is 10.8 Å². The van der Waals surface area contributed by atoms with Gasteiger partial charge in [-0.15, -0.1) is 12.4 Å². The molecule has 0 saturated carbocycles. The van der Waals surface area contributed by atoms with E-state index in [0.717, 1.165) is 10.9 Å². The van der Waals surface area contributed by atoms with Crippen molar-refractivity contribution < 1.29 is 9.50 Å². The number of hydrogen-bond donors (Lipinski definition) is 2. The molecule has 0 unspecified atom stereocenters. The molecule has 0 fully saturated rings. The van der Waals surface area contributed by atoms with Crippen LogP contribution in [0.2, 0.25) is 0 Å². The molecule has 0 bridgehead atoms. The second-order valence-corrected chi connectivity index (χ2v) is 5.58. The van der Waals surface area contributed by atoms with Crippen LogP contribution in [0, 0.1) is 11.7 Å². The lowest BCUT2D eigenvalue weighted by Crippen LogP contribution is -2.27. The molecular formula is C13H20BrClFNO. The zero-order valence-corrected chi connectivity index (χ0v) is 13.0. The molecule has 104 valence electrons. The molecular weight excluding hydrogens is 321 g/mol. The van der Waals surface area contributed by atoms with Crippen LogP contribution in [0.15, 0.2) is 22.7 Å². The maximum Gasteiger partial charge on any atom is 0.123 e. The number of benzene rings is 1. The van der Waals surface area contributed by atoms with E-state index in [1.807, 2.05) is 0 Å². The van der Waals surface area contributed by atoms with E-state index in [1.165, 1.54) is 12.1 Å². The van der Waals surface area contributed by atoms with E-state index in [4.69, 9.17) is 5.73 Å².